The highest BCUT2D eigenvalue weighted by atomic mass is 35.5. The normalized spacial score (nSPS) is 12.3. The number of hydrogen-bond donors (Lipinski definition) is 0. The van der Waals surface area contributed by atoms with Crippen LogP contribution in [0.3, 0.4) is 0 Å². The molecular weight excluding hydrogens is 202 g/mol. The largest absolute Gasteiger partial charge is 0.481 e. The van der Waals surface area contributed by atoms with Gasteiger partial charge in [0.15, 0.2) is 0 Å². The van der Waals surface area contributed by atoms with E-state index in [2.05, 4.69) is 9.97 Å². The number of alkyl halides is 1. The van der Waals surface area contributed by atoms with Crippen LogP contribution in [0.1, 0.15) is 6.92 Å². The maximum Gasteiger partial charge on any atom is 0.218 e. The van der Waals surface area contributed by atoms with Crippen molar-refractivity contribution in [3.8, 4) is 5.88 Å². The lowest BCUT2D eigenvalue weighted by molar-refractivity contribution is 0.397. The smallest absolute Gasteiger partial charge is 0.218 e. The number of nitrogens with zero attached hydrogens (tertiary/aromatic N) is 3. The van der Waals surface area contributed by atoms with Crippen molar-refractivity contribution in [3.63, 3.8) is 0 Å². The first-order valence-electron chi connectivity index (χ1n) is 4.34. The Morgan fingerprint density at radius 3 is 2.86 bits per heavy atom. The Morgan fingerprint density at radius 2 is 2.29 bits per heavy atom. The Bertz CT molecular complexity index is 293. The van der Waals surface area contributed by atoms with Crippen LogP contribution in [-0.2, 0) is 0 Å². The molecule has 0 aliphatic heterocycles. The van der Waals surface area contributed by atoms with Crippen LogP contribution in [-0.4, -0.2) is 36.0 Å². The van der Waals surface area contributed by atoms with E-state index in [9.17, 15) is 0 Å². The second-order valence-electron chi connectivity index (χ2n) is 3.08. The minimum atomic E-state index is 0.0842. The SMILES string of the molecule is COc1cc(N(C)CC(C)Cl)ncn1. The molecule has 1 heterocycles. The molecule has 78 valence electrons. The van der Waals surface area contributed by atoms with E-state index in [0.29, 0.717) is 5.88 Å². The van der Waals surface area contributed by atoms with Gasteiger partial charge in [0.2, 0.25) is 5.88 Å². The monoisotopic (exact) mass is 215 g/mol. The van der Waals surface area contributed by atoms with Gasteiger partial charge in [-0.15, -0.1) is 11.6 Å². The average Bonchev–Trinajstić information content (AvgIpc) is 2.17. The number of aromatic nitrogens is 2. The summed E-state index contributed by atoms with van der Waals surface area (Å²) in [5.74, 6) is 1.37. The fourth-order valence-corrected chi connectivity index (χ4v) is 1.33. The van der Waals surface area contributed by atoms with Crippen molar-refractivity contribution < 1.29 is 4.74 Å². The summed E-state index contributed by atoms with van der Waals surface area (Å²) in [4.78, 5) is 10.0. The highest BCUT2D eigenvalue weighted by molar-refractivity contribution is 6.20. The quantitative estimate of drug-likeness (QED) is 0.715. The van der Waals surface area contributed by atoms with Gasteiger partial charge in [-0.1, -0.05) is 0 Å². The summed E-state index contributed by atoms with van der Waals surface area (Å²) in [6, 6.07) is 1.78. The zero-order chi connectivity index (χ0) is 10.6. The highest BCUT2D eigenvalue weighted by Gasteiger charge is 2.06. The van der Waals surface area contributed by atoms with E-state index >= 15 is 0 Å². The first kappa shape index (κ1) is 11.0. The van der Waals surface area contributed by atoms with Crippen LogP contribution in [0.2, 0.25) is 0 Å². The van der Waals surface area contributed by atoms with Crippen LogP contribution in [0, 0.1) is 0 Å². The predicted molar refractivity (Wildman–Crippen MR) is 57.2 cm³/mol. The fraction of sp³-hybridized carbons (Fsp3) is 0.556. The van der Waals surface area contributed by atoms with Gasteiger partial charge in [-0.3, -0.25) is 0 Å². The minimum Gasteiger partial charge on any atom is -0.481 e. The van der Waals surface area contributed by atoms with Gasteiger partial charge in [-0.05, 0) is 6.92 Å². The van der Waals surface area contributed by atoms with E-state index in [1.165, 1.54) is 6.33 Å². The van der Waals surface area contributed by atoms with E-state index in [4.69, 9.17) is 16.3 Å². The van der Waals surface area contributed by atoms with Gasteiger partial charge in [0.05, 0.1) is 7.11 Å². The molecule has 14 heavy (non-hydrogen) atoms. The topological polar surface area (TPSA) is 38.2 Å². The number of anilines is 1. The molecule has 0 fully saturated rings. The molecule has 0 aromatic carbocycles. The molecule has 0 amide bonds. The molecule has 1 aromatic rings. The van der Waals surface area contributed by atoms with Gasteiger partial charge < -0.3 is 9.64 Å². The zero-order valence-corrected chi connectivity index (χ0v) is 9.32. The zero-order valence-electron chi connectivity index (χ0n) is 8.57. The third-order valence-corrected chi connectivity index (χ3v) is 1.89. The molecule has 0 radical (unpaired) electrons. The third-order valence-electron chi connectivity index (χ3n) is 1.75. The summed E-state index contributed by atoms with van der Waals surface area (Å²) in [6.45, 7) is 2.68. The van der Waals surface area contributed by atoms with Gasteiger partial charge in [0.1, 0.15) is 12.1 Å². The number of ether oxygens (including phenoxy) is 1. The molecule has 1 aromatic heterocycles. The van der Waals surface area contributed by atoms with Crippen molar-refractivity contribution in [2.24, 2.45) is 0 Å². The van der Waals surface area contributed by atoms with Gasteiger partial charge in [-0.25, -0.2) is 9.97 Å². The molecule has 0 aliphatic rings. The molecule has 1 unspecified atom stereocenters. The van der Waals surface area contributed by atoms with E-state index in [-0.39, 0.29) is 5.38 Å². The Hall–Kier alpha value is -1.03. The van der Waals surface area contributed by atoms with E-state index in [1.807, 2.05) is 18.9 Å². The summed E-state index contributed by atoms with van der Waals surface area (Å²) in [5.41, 5.74) is 0. The second-order valence-corrected chi connectivity index (χ2v) is 3.82. The van der Waals surface area contributed by atoms with Crippen molar-refractivity contribution in [3.05, 3.63) is 12.4 Å². The lowest BCUT2D eigenvalue weighted by atomic mass is 10.4. The molecule has 0 aliphatic carbocycles. The number of methoxy groups -OCH3 is 1. The van der Waals surface area contributed by atoms with Crippen LogP contribution in [0.5, 0.6) is 5.88 Å². The molecule has 0 N–H and O–H groups in total. The van der Waals surface area contributed by atoms with Crippen molar-refractivity contribution in [1.82, 2.24) is 9.97 Å². The van der Waals surface area contributed by atoms with Crippen molar-refractivity contribution >= 4 is 17.4 Å². The van der Waals surface area contributed by atoms with Crippen molar-refractivity contribution in [2.45, 2.75) is 12.3 Å². The number of hydrogen-bond acceptors (Lipinski definition) is 4. The van der Waals surface area contributed by atoms with Crippen LogP contribution in [0.15, 0.2) is 12.4 Å². The average molecular weight is 216 g/mol. The molecular formula is C9H14ClN3O. The molecule has 1 rings (SSSR count). The molecule has 1 atom stereocenters. The van der Waals surface area contributed by atoms with E-state index in [1.54, 1.807) is 13.2 Å². The summed E-state index contributed by atoms with van der Waals surface area (Å²) in [7, 11) is 3.51. The van der Waals surface area contributed by atoms with Gasteiger partial charge >= 0.3 is 0 Å². The Morgan fingerprint density at radius 1 is 1.57 bits per heavy atom. The maximum atomic E-state index is 5.88. The van der Waals surface area contributed by atoms with Gasteiger partial charge in [0.25, 0.3) is 0 Å². The minimum absolute atomic E-state index is 0.0842. The van der Waals surface area contributed by atoms with Crippen LogP contribution < -0.4 is 9.64 Å². The molecule has 0 spiro atoms. The Balaban J connectivity index is 2.73. The standard InChI is InChI=1S/C9H14ClN3O/c1-7(10)5-13(2)8-4-9(14-3)12-6-11-8/h4,6-7H,5H2,1-3H3. The van der Waals surface area contributed by atoms with Crippen molar-refractivity contribution in [2.75, 3.05) is 25.6 Å². The van der Waals surface area contributed by atoms with E-state index < -0.39 is 0 Å². The second kappa shape index (κ2) is 5.00. The summed E-state index contributed by atoms with van der Waals surface area (Å²) in [6.07, 6.45) is 1.48. The first-order valence-corrected chi connectivity index (χ1v) is 4.78. The fourth-order valence-electron chi connectivity index (χ4n) is 1.12. The highest BCUT2D eigenvalue weighted by Crippen LogP contribution is 2.14. The summed E-state index contributed by atoms with van der Waals surface area (Å²) in [5, 5.41) is 0.0842. The van der Waals surface area contributed by atoms with E-state index in [0.717, 1.165) is 12.4 Å². The summed E-state index contributed by atoms with van der Waals surface area (Å²) < 4.78 is 5.00. The number of halogens is 1. The predicted octanol–water partition coefficient (Wildman–Crippen LogP) is 1.55. The lowest BCUT2D eigenvalue weighted by Crippen LogP contribution is -2.25. The lowest BCUT2D eigenvalue weighted by Gasteiger charge is -2.19. The van der Waals surface area contributed by atoms with Crippen LogP contribution >= 0.6 is 11.6 Å². The van der Waals surface area contributed by atoms with Gasteiger partial charge in [-0.2, -0.15) is 0 Å². The maximum absolute atomic E-state index is 5.88. The summed E-state index contributed by atoms with van der Waals surface area (Å²) >= 11 is 5.88. The first-order chi connectivity index (χ1) is 6.63. The van der Waals surface area contributed by atoms with Crippen LogP contribution in [0.25, 0.3) is 0 Å². The number of rotatable bonds is 4. The molecule has 4 nitrogen and oxygen atoms in total. The van der Waals surface area contributed by atoms with Crippen molar-refractivity contribution in [1.29, 1.82) is 0 Å². The Labute approximate surface area is 88.9 Å². The molecule has 0 bridgehead atoms. The third kappa shape index (κ3) is 3.03. The molecule has 0 saturated carbocycles. The van der Waals surface area contributed by atoms with Crippen LogP contribution in [0.4, 0.5) is 5.82 Å². The van der Waals surface area contributed by atoms with Gasteiger partial charge in [0, 0.05) is 25.0 Å². The molecule has 5 heteroatoms. The Kier molecular flexibility index (Phi) is 3.95. The molecule has 0 saturated heterocycles.